The Kier molecular flexibility index (Phi) is 5.23. The summed E-state index contributed by atoms with van der Waals surface area (Å²) in [5.74, 6) is -0.956. The Balaban J connectivity index is 2.73. The van der Waals surface area contributed by atoms with Gasteiger partial charge in [-0.1, -0.05) is 0 Å². The highest BCUT2D eigenvalue weighted by Crippen LogP contribution is 2.19. The molecular weight excluding hydrogens is 264 g/mol. The van der Waals surface area contributed by atoms with Crippen LogP contribution in [0, 0.1) is 0 Å². The summed E-state index contributed by atoms with van der Waals surface area (Å²) in [6, 6.07) is 0. The average Bonchev–Trinajstić information content (AvgIpc) is 2.30. The molecule has 104 valence electrons. The van der Waals surface area contributed by atoms with Crippen LogP contribution < -0.4 is 11.1 Å². The Morgan fingerprint density at radius 1 is 1.39 bits per heavy atom. The summed E-state index contributed by atoms with van der Waals surface area (Å²) < 4.78 is 9.97. The standard InChI is InChI=1S/C9H16N2O6S/c1-2-16-9(18)11-8-5(14)3(12)4(13)6(17-8)7(10)15/h3-6,8,12-14H,2H2,1H3,(H2,10,15)(H,11,18)/t3-,4-,5+,6-,8+/m0/s1. The zero-order valence-electron chi connectivity index (χ0n) is 9.65. The van der Waals surface area contributed by atoms with Gasteiger partial charge in [0.2, 0.25) is 5.91 Å². The molecule has 0 spiro atoms. The van der Waals surface area contributed by atoms with Crippen molar-refractivity contribution in [2.45, 2.75) is 37.6 Å². The summed E-state index contributed by atoms with van der Waals surface area (Å²) >= 11 is 4.77. The van der Waals surface area contributed by atoms with Gasteiger partial charge in [-0.15, -0.1) is 0 Å². The predicted octanol–water partition coefficient (Wildman–Crippen LogP) is -2.81. The number of ether oxygens (including phenoxy) is 2. The summed E-state index contributed by atoms with van der Waals surface area (Å²) in [5.41, 5.74) is 5.01. The minimum Gasteiger partial charge on any atom is -0.471 e. The first kappa shape index (κ1) is 15.1. The molecule has 6 N–H and O–H groups in total. The number of nitrogens with one attached hydrogen (secondary N) is 1. The molecule has 1 aliphatic heterocycles. The van der Waals surface area contributed by atoms with Gasteiger partial charge in [0, 0.05) is 0 Å². The third kappa shape index (κ3) is 3.27. The van der Waals surface area contributed by atoms with Crippen LogP contribution in [0.2, 0.25) is 0 Å². The van der Waals surface area contributed by atoms with E-state index in [1.807, 2.05) is 0 Å². The van der Waals surface area contributed by atoms with E-state index in [4.69, 9.17) is 27.4 Å². The molecule has 0 bridgehead atoms. The number of carbonyl (C=O) groups excluding carboxylic acids is 1. The van der Waals surface area contributed by atoms with Crippen LogP contribution in [0.4, 0.5) is 0 Å². The van der Waals surface area contributed by atoms with Crippen LogP contribution in [-0.4, -0.2) is 63.7 Å². The Bertz CT molecular complexity index is 328. The third-order valence-electron chi connectivity index (χ3n) is 2.43. The molecule has 9 heteroatoms. The van der Waals surface area contributed by atoms with Crippen LogP contribution in [0.3, 0.4) is 0 Å². The molecule has 0 radical (unpaired) electrons. The fourth-order valence-corrected chi connectivity index (χ4v) is 1.76. The van der Waals surface area contributed by atoms with E-state index in [0.29, 0.717) is 6.61 Å². The molecule has 18 heavy (non-hydrogen) atoms. The topological polar surface area (TPSA) is 134 Å². The quantitative estimate of drug-likeness (QED) is 0.350. The Morgan fingerprint density at radius 3 is 2.50 bits per heavy atom. The smallest absolute Gasteiger partial charge is 0.258 e. The Morgan fingerprint density at radius 2 is 2.00 bits per heavy atom. The van der Waals surface area contributed by atoms with Gasteiger partial charge in [-0.2, -0.15) is 0 Å². The lowest BCUT2D eigenvalue weighted by atomic mass is 9.98. The van der Waals surface area contributed by atoms with Gasteiger partial charge in [0.15, 0.2) is 12.3 Å². The molecule has 1 heterocycles. The average molecular weight is 280 g/mol. The van der Waals surface area contributed by atoms with Gasteiger partial charge in [-0.25, -0.2) is 0 Å². The lowest BCUT2D eigenvalue weighted by Gasteiger charge is -2.39. The molecule has 0 aromatic carbocycles. The summed E-state index contributed by atoms with van der Waals surface area (Å²) in [6.07, 6.45) is -7.30. The van der Waals surface area contributed by atoms with E-state index in [2.05, 4.69) is 5.32 Å². The first-order chi connectivity index (χ1) is 8.38. The minimum atomic E-state index is -1.60. The van der Waals surface area contributed by atoms with Crippen molar-refractivity contribution in [1.82, 2.24) is 5.32 Å². The SMILES string of the molecule is CCOC(=S)N[C@@H]1O[C@H](C(N)=O)[C@@H](O)[C@H](O)[C@H]1O. The number of carbonyl (C=O) groups is 1. The number of hydrogen-bond acceptors (Lipinski definition) is 7. The summed E-state index contributed by atoms with van der Waals surface area (Å²) in [6.45, 7) is 2.01. The zero-order chi connectivity index (χ0) is 13.9. The number of rotatable bonds is 3. The van der Waals surface area contributed by atoms with Gasteiger partial charge in [-0.3, -0.25) is 4.79 Å². The van der Waals surface area contributed by atoms with E-state index in [9.17, 15) is 20.1 Å². The van der Waals surface area contributed by atoms with Crippen molar-refractivity contribution >= 4 is 23.3 Å². The second kappa shape index (κ2) is 6.25. The first-order valence-electron chi connectivity index (χ1n) is 5.30. The van der Waals surface area contributed by atoms with E-state index in [0.717, 1.165) is 0 Å². The third-order valence-corrected chi connectivity index (χ3v) is 2.67. The number of nitrogens with two attached hydrogens (primary N) is 1. The molecule has 0 aromatic rings. The number of amides is 1. The van der Waals surface area contributed by atoms with E-state index in [1.54, 1.807) is 6.92 Å². The number of thiocarbonyl (C=S) groups is 1. The number of aliphatic hydroxyl groups is 3. The number of hydrogen-bond donors (Lipinski definition) is 5. The van der Waals surface area contributed by atoms with Crippen molar-refractivity contribution in [2.24, 2.45) is 5.73 Å². The molecule has 1 aliphatic rings. The highest BCUT2D eigenvalue weighted by molar-refractivity contribution is 7.80. The summed E-state index contributed by atoms with van der Waals surface area (Å²) in [5, 5.41) is 31.1. The molecule has 1 fully saturated rings. The highest BCUT2D eigenvalue weighted by Gasteiger charge is 2.46. The highest BCUT2D eigenvalue weighted by atomic mass is 32.1. The summed E-state index contributed by atoms with van der Waals surface area (Å²) in [7, 11) is 0. The van der Waals surface area contributed by atoms with Crippen molar-refractivity contribution in [3.05, 3.63) is 0 Å². The molecule has 8 nitrogen and oxygen atoms in total. The minimum absolute atomic E-state index is 0.0617. The second-order valence-corrected chi connectivity index (χ2v) is 4.09. The molecule has 1 amide bonds. The van der Waals surface area contributed by atoms with Crippen molar-refractivity contribution in [3.63, 3.8) is 0 Å². The van der Waals surface area contributed by atoms with Crippen molar-refractivity contribution in [2.75, 3.05) is 6.61 Å². The van der Waals surface area contributed by atoms with E-state index in [1.165, 1.54) is 0 Å². The fourth-order valence-electron chi connectivity index (χ4n) is 1.52. The van der Waals surface area contributed by atoms with Crippen LogP contribution in [-0.2, 0) is 14.3 Å². The first-order valence-corrected chi connectivity index (χ1v) is 5.71. The maximum Gasteiger partial charge on any atom is 0.258 e. The van der Waals surface area contributed by atoms with Gasteiger partial charge in [-0.05, 0) is 19.1 Å². The predicted molar refractivity (Wildman–Crippen MR) is 63.2 cm³/mol. The Hall–Kier alpha value is -1.00. The van der Waals surface area contributed by atoms with Crippen LogP contribution in [0.15, 0.2) is 0 Å². The molecule has 5 atom stereocenters. The van der Waals surface area contributed by atoms with Crippen LogP contribution >= 0.6 is 12.2 Å². The van der Waals surface area contributed by atoms with Gasteiger partial charge in [0.1, 0.15) is 18.3 Å². The van der Waals surface area contributed by atoms with Crippen LogP contribution in [0.5, 0.6) is 0 Å². The molecule has 0 saturated carbocycles. The molecule has 0 aromatic heterocycles. The molecule has 1 rings (SSSR count). The maximum atomic E-state index is 11.0. The monoisotopic (exact) mass is 280 g/mol. The van der Waals surface area contributed by atoms with E-state index >= 15 is 0 Å². The maximum absolute atomic E-state index is 11.0. The van der Waals surface area contributed by atoms with E-state index < -0.39 is 36.6 Å². The lowest BCUT2D eigenvalue weighted by Crippen LogP contribution is -2.65. The second-order valence-electron chi connectivity index (χ2n) is 3.72. The fraction of sp³-hybridized carbons (Fsp3) is 0.778. The van der Waals surface area contributed by atoms with Crippen molar-refractivity contribution < 1.29 is 29.6 Å². The van der Waals surface area contributed by atoms with Gasteiger partial charge < -0.3 is 35.8 Å². The van der Waals surface area contributed by atoms with Crippen molar-refractivity contribution in [1.29, 1.82) is 0 Å². The van der Waals surface area contributed by atoms with Crippen LogP contribution in [0.1, 0.15) is 6.92 Å². The zero-order valence-corrected chi connectivity index (χ0v) is 10.5. The Labute approximate surface area is 109 Å². The number of aliphatic hydroxyl groups excluding tert-OH is 3. The van der Waals surface area contributed by atoms with Gasteiger partial charge in [0.25, 0.3) is 5.17 Å². The largest absolute Gasteiger partial charge is 0.471 e. The normalized spacial score (nSPS) is 35.9. The lowest BCUT2D eigenvalue weighted by molar-refractivity contribution is -0.223. The van der Waals surface area contributed by atoms with Crippen LogP contribution in [0.25, 0.3) is 0 Å². The summed E-state index contributed by atoms with van der Waals surface area (Å²) in [4.78, 5) is 11.0. The van der Waals surface area contributed by atoms with Gasteiger partial charge in [0.05, 0.1) is 6.61 Å². The molecule has 0 unspecified atom stereocenters. The number of primary amides is 1. The molecule has 0 aliphatic carbocycles. The van der Waals surface area contributed by atoms with E-state index in [-0.39, 0.29) is 5.17 Å². The molecular formula is C9H16N2O6S. The van der Waals surface area contributed by atoms with Gasteiger partial charge >= 0.3 is 0 Å². The molecule has 1 saturated heterocycles. The van der Waals surface area contributed by atoms with Crippen molar-refractivity contribution in [3.8, 4) is 0 Å².